The Morgan fingerprint density at radius 3 is 2.76 bits per heavy atom. The van der Waals surface area contributed by atoms with Gasteiger partial charge < -0.3 is 14.8 Å². The first-order valence-electron chi connectivity index (χ1n) is 7.25. The zero-order chi connectivity index (χ0) is 14.7. The molecular weight excluding hydrogens is 266 g/mol. The molecule has 0 spiro atoms. The van der Waals surface area contributed by atoms with Crippen LogP contribution in [0.1, 0.15) is 18.9 Å². The van der Waals surface area contributed by atoms with Crippen molar-refractivity contribution in [1.29, 1.82) is 0 Å². The van der Waals surface area contributed by atoms with Gasteiger partial charge in [0.25, 0.3) is 0 Å². The van der Waals surface area contributed by atoms with Crippen molar-refractivity contribution in [2.45, 2.75) is 20.3 Å². The third-order valence-electron chi connectivity index (χ3n) is 3.45. The van der Waals surface area contributed by atoms with E-state index >= 15 is 0 Å². The second-order valence-electron chi connectivity index (χ2n) is 4.94. The van der Waals surface area contributed by atoms with Gasteiger partial charge >= 0.3 is 0 Å². The molecule has 0 radical (unpaired) electrons. The topological polar surface area (TPSA) is 56.3 Å². The zero-order valence-electron chi connectivity index (χ0n) is 12.3. The van der Waals surface area contributed by atoms with Crippen LogP contribution in [-0.4, -0.2) is 29.7 Å². The van der Waals surface area contributed by atoms with E-state index in [2.05, 4.69) is 22.2 Å². The van der Waals surface area contributed by atoms with Crippen LogP contribution in [0, 0.1) is 6.92 Å². The lowest BCUT2D eigenvalue weighted by atomic mass is 10.1. The minimum Gasteiger partial charge on any atom is -0.490 e. The SMILES string of the molecule is CCNc1ncnc(-c2ccc3c(c2)OCCCO3)c1C. The highest BCUT2D eigenvalue weighted by molar-refractivity contribution is 5.70. The summed E-state index contributed by atoms with van der Waals surface area (Å²) in [7, 11) is 0. The minimum absolute atomic E-state index is 0.682. The molecule has 21 heavy (non-hydrogen) atoms. The average molecular weight is 285 g/mol. The van der Waals surface area contributed by atoms with Gasteiger partial charge in [-0.1, -0.05) is 0 Å². The number of hydrogen-bond donors (Lipinski definition) is 1. The van der Waals surface area contributed by atoms with Crippen LogP contribution < -0.4 is 14.8 Å². The molecule has 2 aromatic rings. The van der Waals surface area contributed by atoms with Gasteiger partial charge in [0.05, 0.1) is 18.9 Å². The highest BCUT2D eigenvalue weighted by atomic mass is 16.5. The molecule has 0 unspecified atom stereocenters. The molecule has 0 atom stereocenters. The zero-order valence-corrected chi connectivity index (χ0v) is 12.3. The Morgan fingerprint density at radius 2 is 1.95 bits per heavy atom. The summed E-state index contributed by atoms with van der Waals surface area (Å²) in [6, 6.07) is 5.95. The van der Waals surface area contributed by atoms with Gasteiger partial charge in [-0.05, 0) is 32.0 Å². The fourth-order valence-electron chi connectivity index (χ4n) is 2.40. The highest BCUT2D eigenvalue weighted by Gasteiger charge is 2.14. The monoisotopic (exact) mass is 285 g/mol. The third-order valence-corrected chi connectivity index (χ3v) is 3.45. The molecule has 3 rings (SSSR count). The van der Waals surface area contributed by atoms with E-state index in [4.69, 9.17) is 9.47 Å². The van der Waals surface area contributed by atoms with E-state index in [9.17, 15) is 0 Å². The Balaban J connectivity index is 2.01. The van der Waals surface area contributed by atoms with Gasteiger partial charge in [-0.3, -0.25) is 0 Å². The van der Waals surface area contributed by atoms with E-state index < -0.39 is 0 Å². The Morgan fingerprint density at radius 1 is 1.14 bits per heavy atom. The summed E-state index contributed by atoms with van der Waals surface area (Å²) in [5, 5.41) is 3.25. The molecule has 5 nitrogen and oxygen atoms in total. The number of aromatic nitrogens is 2. The second kappa shape index (κ2) is 5.99. The van der Waals surface area contributed by atoms with Crippen molar-refractivity contribution in [3.63, 3.8) is 0 Å². The molecule has 1 aliphatic heterocycles. The van der Waals surface area contributed by atoms with Crippen LogP contribution in [0.25, 0.3) is 11.3 Å². The van der Waals surface area contributed by atoms with E-state index in [1.54, 1.807) is 6.33 Å². The molecule has 0 aliphatic carbocycles. The molecule has 0 saturated heterocycles. The summed E-state index contributed by atoms with van der Waals surface area (Å²) in [5.41, 5.74) is 2.96. The number of anilines is 1. The van der Waals surface area contributed by atoms with Gasteiger partial charge in [0.1, 0.15) is 12.1 Å². The number of ether oxygens (including phenoxy) is 2. The van der Waals surface area contributed by atoms with Gasteiger partial charge in [-0.25, -0.2) is 9.97 Å². The van der Waals surface area contributed by atoms with Crippen molar-refractivity contribution < 1.29 is 9.47 Å². The fraction of sp³-hybridized carbons (Fsp3) is 0.375. The summed E-state index contributed by atoms with van der Waals surface area (Å²) in [6.45, 7) is 6.29. The van der Waals surface area contributed by atoms with Crippen molar-refractivity contribution in [1.82, 2.24) is 9.97 Å². The molecule has 0 fully saturated rings. The van der Waals surface area contributed by atoms with Crippen LogP contribution in [0.4, 0.5) is 5.82 Å². The minimum atomic E-state index is 0.682. The van der Waals surface area contributed by atoms with Gasteiger partial charge in [0, 0.05) is 24.1 Å². The fourth-order valence-corrected chi connectivity index (χ4v) is 2.40. The van der Waals surface area contributed by atoms with Crippen LogP contribution >= 0.6 is 0 Å². The molecule has 1 N–H and O–H groups in total. The Bertz CT molecular complexity index is 643. The molecule has 1 aliphatic rings. The lowest BCUT2D eigenvalue weighted by Gasteiger charge is -2.12. The standard InChI is InChI=1S/C16H19N3O2/c1-3-17-16-11(2)15(18-10-19-16)12-5-6-13-14(9-12)21-8-4-7-20-13/h5-6,9-10H,3-4,7-8H2,1-2H3,(H,17,18,19). The van der Waals surface area contributed by atoms with Crippen molar-refractivity contribution in [2.75, 3.05) is 25.1 Å². The molecule has 5 heteroatoms. The lowest BCUT2D eigenvalue weighted by molar-refractivity contribution is 0.297. The van der Waals surface area contributed by atoms with Crippen LogP contribution in [-0.2, 0) is 0 Å². The highest BCUT2D eigenvalue weighted by Crippen LogP contribution is 2.35. The van der Waals surface area contributed by atoms with Crippen LogP contribution in [0.5, 0.6) is 11.5 Å². The van der Waals surface area contributed by atoms with E-state index in [0.717, 1.165) is 47.1 Å². The van der Waals surface area contributed by atoms with Crippen LogP contribution in [0.2, 0.25) is 0 Å². The molecule has 110 valence electrons. The maximum atomic E-state index is 5.74. The van der Waals surface area contributed by atoms with Gasteiger partial charge in [0.2, 0.25) is 0 Å². The normalized spacial score (nSPS) is 13.6. The number of nitrogens with zero attached hydrogens (tertiary/aromatic N) is 2. The quantitative estimate of drug-likeness (QED) is 0.939. The summed E-state index contributed by atoms with van der Waals surface area (Å²) >= 11 is 0. The number of benzene rings is 1. The maximum absolute atomic E-state index is 5.74. The van der Waals surface area contributed by atoms with Crippen LogP contribution in [0.3, 0.4) is 0 Å². The van der Waals surface area contributed by atoms with Crippen molar-refractivity contribution in [3.8, 4) is 22.8 Å². The molecule has 0 amide bonds. The smallest absolute Gasteiger partial charge is 0.161 e. The predicted octanol–water partition coefficient (Wildman–Crippen LogP) is 3.05. The number of fused-ring (bicyclic) bond motifs is 1. The first kappa shape index (κ1) is 13.7. The van der Waals surface area contributed by atoms with Crippen molar-refractivity contribution in [2.24, 2.45) is 0 Å². The van der Waals surface area contributed by atoms with Crippen LogP contribution in [0.15, 0.2) is 24.5 Å². The van der Waals surface area contributed by atoms with Gasteiger partial charge in [-0.2, -0.15) is 0 Å². The second-order valence-corrected chi connectivity index (χ2v) is 4.94. The molecule has 1 aromatic heterocycles. The largest absolute Gasteiger partial charge is 0.490 e. The summed E-state index contributed by atoms with van der Waals surface area (Å²) in [6.07, 6.45) is 2.49. The molecule has 0 bridgehead atoms. The Labute approximate surface area is 124 Å². The van der Waals surface area contributed by atoms with Crippen molar-refractivity contribution in [3.05, 3.63) is 30.1 Å². The van der Waals surface area contributed by atoms with E-state index in [0.29, 0.717) is 13.2 Å². The van der Waals surface area contributed by atoms with Gasteiger partial charge in [0.15, 0.2) is 11.5 Å². The molecule has 0 saturated carbocycles. The number of rotatable bonds is 3. The maximum Gasteiger partial charge on any atom is 0.161 e. The molecular formula is C16H19N3O2. The van der Waals surface area contributed by atoms with E-state index in [-0.39, 0.29) is 0 Å². The first-order valence-corrected chi connectivity index (χ1v) is 7.25. The summed E-state index contributed by atoms with van der Waals surface area (Å²) < 4.78 is 11.4. The summed E-state index contributed by atoms with van der Waals surface area (Å²) in [4.78, 5) is 8.69. The van der Waals surface area contributed by atoms with Gasteiger partial charge in [-0.15, -0.1) is 0 Å². The average Bonchev–Trinajstić information content (AvgIpc) is 2.74. The van der Waals surface area contributed by atoms with E-state index in [1.165, 1.54) is 0 Å². The third kappa shape index (κ3) is 2.77. The predicted molar refractivity (Wildman–Crippen MR) is 82.0 cm³/mol. The summed E-state index contributed by atoms with van der Waals surface area (Å²) in [5.74, 6) is 2.46. The Hall–Kier alpha value is -2.30. The number of hydrogen-bond acceptors (Lipinski definition) is 5. The molecule has 1 aromatic carbocycles. The van der Waals surface area contributed by atoms with E-state index in [1.807, 2.05) is 25.1 Å². The number of nitrogens with one attached hydrogen (secondary N) is 1. The lowest BCUT2D eigenvalue weighted by Crippen LogP contribution is -2.03. The van der Waals surface area contributed by atoms with Crippen molar-refractivity contribution >= 4 is 5.82 Å². The Kier molecular flexibility index (Phi) is 3.90. The molecule has 2 heterocycles. The first-order chi connectivity index (χ1) is 10.3.